The molecule has 0 fully saturated rings. The smallest absolute Gasteiger partial charge is 0.329 e. The van der Waals surface area contributed by atoms with Gasteiger partial charge in [-0.1, -0.05) is 36.4 Å². The molecule has 0 bridgehead atoms. The predicted molar refractivity (Wildman–Crippen MR) is 174 cm³/mol. The van der Waals surface area contributed by atoms with Crippen LogP contribution < -0.4 is 15.3 Å². The van der Waals surface area contributed by atoms with Gasteiger partial charge in [0, 0.05) is 76.1 Å². The quantitative estimate of drug-likeness (QED) is 0.295. The fourth-order valence-electron chi connectivity index (χ4n) is 6.22. The molecule has 2 amide bonds. The molecule has 4 aromatic rings. The molecular formula is C35H43N5O4. The van der Waals surface area contributed by atoms with Gasteiger partial charge >= 0.3 is 5.69 Å². The van der Waals surface area contributed by atoms with Crippen LogP contribution in [0.4, 0.5) is 5.69 Å². The first-order valence-electron chi connectivity index (χ1n) is 15.7. The number of aromatic nitrogens is 2. The Kier molecular flexibility index (Phi) is 9.85. The van der Waals surface area contributed by atoms with E-state index in [0.717, 1.165) is 46.6 Å². The minimum atomic E-state index is -0.107. The Labute approximate surface area is 259 Å². The van der Waals surface area contributed by atoms with Gasteiger partial charge in [-0.3, -0.25) is 23.6 Å². The average Bonchev–Trinajstić information content (AvgIpc) is 3.29. The summed E-state index contributed by atoms with van der Waals surface area (Å²) in [6, 6.07) is 21.5. The molecule has 2 heterocycles. The number of carbonyl (C=O) groups excluding carboxylic acids is 2. The SMILES string of the molecule is CCOc1ccccc1CN1CCCN(C(C)=O)c2ccccc2CN(C(=O)c2ccc3c(c2)n(CC)c(=O)n3CC)CC1. The standard InChI is InChI=1S/C35H43N5O4/c1-5-38-31-18-17-27(23-32(31)39(6-2)35(38)43)34(42)37-22-21-36(24-29-14-9-11-16-33(29)44-7-3)19-12-20-40(26(4)41)30-15-10-8-13-28(30)25-37/h8-11,13-18,23H,5-7,12,19-22,24-25H2,1-4H3. The second-order valence-electron chi connectivity index (χ2n) is 11.2. The Hall–Kier alpha value is -4.37. The lowest BCUT2D eigenvalue weighted by Crippen LogP contribution is -2.38. The van der Waals surface area contributed by atoms with Crippen LogP contribution in [0, 0.1) is 0 Å². The van der Waals surface area contributed by atoms with Gasteiger partial charge in [-0.25, -0.2) is 4.79 Å². The fraction of sp³-hybridized carbons (Fsp3) is 0.400. The van der Waals surface area contributed by atoms with Crippen LogP contribution in [0.25, 0.3) is 11.0 Å². The van der Waals surface area contributed by atoms with E-state index in [4.69, 9.17) is 4.74 Å². The molecule has 44 heavy (non-hydrogen) atoms. The summed E-state index contributed by atoms with van der Waals surface area (Å²) in [6.45, 7) is 12.7. The Morgan fingerprint density at radius 3 is 2.30 bits per heavy atom. The summed E-state index contributed by atoms with van der Waals surface area (Å²) in [5.41, 5.74) is 4.92. The number of nitrogens with zero attached hydrogens (tertiary/aromatic N) is 5. The number of benzene rings is 3. The number of ether oxygens (including phenoxy) is 1. The van der Waals surface area contributed by atoms with E-state index in [9.17, 15) is 14.4 Å². The van der Waals surface area contributed by atoms with Gasteiger partial charge in [-0.15, -0.1) is 0 Å². The van der Waals surface area contributed by atoms with Crippen LogP contribution in [0.1, 0.15) is 55.6 Å². The van der Waals surface area contributed by atoms with Gasteiger partial charge in [0.15, 0.2) is 0 Å². The average molecular weight is 598 g/mol. The largest absolute Gasteiger partial charge is 0.494 e. The molecular weight excluding hydrogens is 554 g/mol. The van der Waals surface area contributed by atoms with E-state index in [1.54, 1.807) is 16.1 Å². The van der Waals surface area contributed by atoms with Gasteiger partial charge in [0.1, 0.15) is 5.75 Å². The van der Waals surface area contributed by atoms with Crippen LogP contribution in [0.2, 0.25) is 0 Å². The number of imidazole rings is 1. The van der Waals surface area contributed by atoms with E-state index in [0.29, 0.717) is 58.0 Å². The summed E-state index contributed by atoms with van der Waals surface area (Å²) in [5, 5.41) is 0. The number of fused-ring (bicyclic) bond motifs is 2. The first-order valence-corrected chi connectivity index (χ1v) is 15.7. The number of para-hydroxylation sites is 2. The van der Waals surface area contributed by atoms with Crippen molar-refractivity contribution in [3.8, 4) is 5.75 Å². The highest BCUT2D eigenvalue weighted by Gasteiger charge is 2.24. The summed E-state index contributed by atoms with van der Waals surface area (Å²) in [5.74, 6) is 0.736. The lowest BCUT2D eigenvalue weighted by molar-refractivity contribution is -0.116. The van der Waals surface area contributed by atoms with Crippen LogP contribution in [-0.2, 0) is 31.0 Å². The summed E-state index contributed by atoms with van der Waals surface area (Å²) < 4.78 is 9.37. The third-order valence-electron chi connectivity index (χ3n) is 8.42. The van der Waals surface area contributed by atoms with E-state index >= 15 is 0 Å². The van der Waals surface area contributed by atoms with Crippen LogP contribution in [0.5, 0.6) is 5.75 Å². The van der Waals surface area contributed by atoms with Crippen LogP contribution in [-0.4, -0.2) is 63.5 Å². The molecule has 5 rings (SSSR count). The predicted octanol–water partition coefficient (Wildman–Crippen LogP) is 5.14. The van der Waals surface area contributed by atoms with Gasteiger partial charge in [0.2, 0.25) is 5.91 Å². The second kappa shape index (κ2) is 13.9. The summed E-state index contributed by atoms with van der Waals surface area (Å²) in [6.07, 6.45) is 0.790. The first-order chi connectivity index (χ1) is 21.4. The maximum absolute atomic E-state index is 14.3. The molecule has 0 spiro atoms. The molecule has 0 atom stereocenters. The van der Waals surface area contributed by atoms with E-state index < -0.39 is 0 Å². The van der Waals surface area contributed by atoms with E-state index in [2.05, 4.69) is 11.0 Å². The molecule has 9 nitrogen and oxygen atoms in total. The molecule has 232 valence electrons. The van der Waals surface area contributed by atoms with Crippen LogP contribution in [0.15, 0.2) is 71.5 Å². The van der Waals surface area contributed by atoms with Crippen LogP contribution in [0.3, 0.4) is 0 Å². The number of carbonyl (C=O) groups is 2. The fourth-order valence-corrected chi connectivity index (χ4v) is 6.22. The van der Waals surface area contributed by atoms with Crippen molar-refractivity contribution in [1.29, 1.82) is 0 Å². The minimum absolute atomic E-state index is 0.0220. The maximum atomic E-state index is 14.3. The molecule has 1 aromatic heterocycles. The van der Waals surface area contributed by atoms with Crippen molar-refractivity contribution in [3.63, 3.8) is 0 Å². The van der Waals surface area contributed by atoms with Crippen molar-refractivity contribution in [3.05, 3.63) is 93.9 Å². The van der Waals surface area contributed by atoms with Gasteiger partial charge in [-0.2, -0.15) is 0 Å². The van der Waals surface area contributed by atoms with Crippen molar-refractivity contribution < 1.29 is 14.3 Å². The molecule has 0 unspecified atom stereocenters. The molecule has 3 aromatic carbocycles. The van der Waals surface area contributed by atoms with Gasteiger partial charge in [0.05, 0.1) is 17.6 Å². The lowest BCUT2D eigenvalue weighted by Gasteiger charge is -2.28. The number of hydrogen-bond acceptors (Lipinski definition) is 5. The van der Waals surface area contributed by atoms with Crippen molar-refractivity contribution >= 4 is 28.5 Å². The first kappa shape index (κ1) is 31.1. The minimum Gasteiger partial charge on any atom is -0.494 e. The van der Waals surface area contributed by atoms with Crippen molar-refractivity contribution in [2.45, 2.75) is 60.3 Å². The Balaban J connectivity index is 1.52. The maximum Gasteiger partial charge on any atom is 0.329 e. The molecule has 0 N–H and O–H groups in total. The zero-order chi connectivity index (χ0) is 31.2. The van der Waals surface area contributed by atoms with Crippen LogP contribution >= 0.6 is 0 Å². The Bertz CT molecular complexity index is 1690. The highest BCUT2D eigenvalue weighted by molar-refractivity contribution is 5.98. The summed E-state index contributed by atoms with van der Waals surface area (Å²) in [4.78, 5) is 46.2. The third kappa shape index (κ3) is 6.43. The normalized spacial score (nSPS) is 14.7. The zero-order valence-corrected chi connectivity index (χ0v) is 26.3. The number of anilines is 1. The number of hydrogen-bond donors (Lipinski definition) is 0. The molecule has 0 radical (unpaired) electrons. The van der Waals surface area contributed by atoms with Gasteiger partial charge in [-0.05, 0) is 63.1 Å². The molecule has 0 saturated heterocycles. The molecule has 0 saturated carbocycles. The molecule has 0 aliphatic carbocycles. The zero-order valence-electron chi connectivity index (χ0n) is 26.3. The van der Waals surface area contributed by atoms with Crippen molar-refractivity contribution in [1.82, 2.24) is 18.9 Å². The summed E-state index contributed by atoms with van der Waals surface area (Å²) in [7, 11) is 0. The van der Waals surface area contributed by atoms with E-state index in [-0.39, 0.29) is 17.5 Å². The Morgan fingerprint density at radius 1 is 0.818 bits per heavy atom. The molecule has 1 aliphatic heterocycles. The second-order valence-corrected chi connectivity index (χ2v) is 11.2. The molecule has 9 heteroatoms. The summed E-state index contributed by atoms with van der Waals surface area (Å²) >= 11 is 0. The number of amides is 2. The monoisotopic (exact) mass is 597 g/mol. The van der Waals surface area contributed by atoms with E-state index in [1.165, 1.54) is 0 Å². The Morgan fingerprint density at radius 2 is 1.55 bits per heavy atom. The van der Waals surface area contributed by atoms with Crippen molar-refractivity contribution in [2.75, 3.05) is 37.7 Å². The highest BCUT2D eigenvalue weighted by Crippen LogP contribution is 2.26. The third-order valence-corrected chi connectivity index (χ3v) is 8.42. The number of aryl methyl sites for hydroxylation is 2. The van der Waals surface area contributed by atoms with Gasteiger partial charge < -0.3 is 14.5 Å². The van der Waals surface area contributed by atoms with E-state index in [1.807, 2.05) is 91.2 Å². The lowest BCUT2D eigenvalue weighted by atomic mass is 10.1. The molecule has 1 aliphatic rings. The van der Waals surface area contributed by atoms with Crippen molar-refractivity contribution in [2.24, 2.45) is 0 Å². The topological polar surface area (TPSA) is 80.0 Å². The highest BCUT2D eigenvalue weighted by atomic mass is 16.5. The van der Waals surface area contributed by atoms with Gasteiger partial charge in [0.25, 0.3) is 5.91 Å². The number of rotatable bonds is 7.